The van der Waals surface area contributed by atoms with Crippen LogP contribution in [0.2, 0.25) is 0 Å². The van der Waals surface area contributed by atoms with Gasteiger partial charge in [-0.15, -0.1) is 0 Å². The van der Waals surface area contributed by atoms with Gasteiger partial charge < -0.3 is 19.0 Å². The predicted octanol–water partition coefficient (Wildman–Crippen LogP) is 15.7. The summed E-state index contributed by atoms with van der Waals surface area (Å²) >= 11 is 0. The van der Waals surface area contributed by atoms with Gasteiger partial charge >= 0.3 is 0 Å². The number of nitrogens with zero attached hydrogens (tertiary/aromatic N) is 4. The molecule has 0 unspecified atom stereocenters. The van der Waals surface area contributed by atoms with Gasteiger partial charge in [-0.25, -0.2) is 4.98 Å². The smallest absolute Gasteiger partial charge is 0.178 e. The van der Waals surface area contributed by atoms with Gasteiger partial charge in [-0.05, 0) is 76.7 Å². The van der Waals surface area contributed by atoms with E-state index in [2.05, 4.69) is 66.6 Å². The van der Waals surface area contributed by atoms with Crippen LogP contribution in [0.1, 0.15) is 38.7 Å². The van der Waals surface area contributed by atoms with Crippen LogP contribution >= 0.6 is 0 Å². The zero-order valence-corrected chi connectivity index (χ0v) is 35.2. The Bertz CT molecular complexity index is 4100. The molecule has 11 aromatic rings. The molecule has 0 amide bonds. The van der Waals surface area contributed by atoms with Gasteiger partial charge in [0.05, 0.1) is 40.4 Å². The van der Waals surface area contributed by atoms with Crippen LogP contribution in [0.5, 0.6) is 11.5 Å². The zero-order valence-electron chi connectivity index (χ0n) is 44.2. The number of para-hydroxylation sites is 5. The Labute approximate surface area is 384 Å². The van der Waals surface area contributed by atoms with E-state index in [0.717, 1.165) is 55.3 Å². The normalized spacial score (nSPS) is 14.8. The van der Waals surface area contributed by atoms with Crippen molar-refractivity contribution in [2.45, 2.75) is 26.2 Å². The second-order valence-electron chi connectivity index (χ2n) is 17.0. The molecule has 0 fully saturated rings. The minimum atomic E-state index is -0.531. The van der Waals surface area contributed by atoms with Gasteiger partial charge in [-0.2, -0.15) is 0 Å². The van der Waals surface area contributed by atoms with Gasteiger partial charge in [-0.1, -0.05) is 148 Å². The van der Waals surface area contributed by atoms with E-state index >= 15 is 0 Å². The maximum Gasteiger partial charge on any atom is 0.178 e. The minimum absolute atomic E-state index is 0.0460. The lowest BCUT2D eigenvalue weighted by Gasteiger charge is -2.27. The summed E-state index contributed by atoms with van der Waals surface area (Å²) in [6.45, 7) is 6.69. The molecule has 8 aromatic carbocycles. The highest BCUT2D eigenvalue weighted by atomic mass is 16.5. The first kappa shape index (κ1) is 29.3. The Morgan fingerprint density at radius 1 is 0.594 bits per heavy atom. The highest BCUT2D eigenvalue weighted by Gasteiger charge is 2.32. The fraction of sp³-hybridized carbons (Fsp3) is 0.0862. The van der Waals surface area contributed by atoms with Crippen molar-refractivity contribution in [1.82, 2.24) is 9.55 Å². The van der Waals surface area contributed by atoms with Crippen LogP contribution in [0.4, 0.5) is 22.7 Å². The molecule has 1 aliphatic rings. The Morgan fingerprint density at radius 2 is 1.30 bits per heavy atom. The van der Waals surface area contributed by atoms with Gasteiger partial charge in [-0.3, -0.25) is 4.57 Å². The standard InChI is InChI=1S/C58H44N4O2/c1-58(2,3)40-31-32-59-55(33-40)62-49-25-12-10-21-45(49)46-30-29-42(36-52(46)62)63-54-35-41(34-48-47-22-11-15-28-53(47)64-57(48)54)60-37-61(51-27-14-13-26-50(51)60)56-43(38-17-6-4-7-18-38)23-16-24-44(56)39-19-8-5-9-20-39/h4-36H,37H2,1-3H3/i4D,5D,6D,7D,8D,9D,17D,18D,19D. The van der Waals surface area contributed by atoms with E-state index < -0.39 is 36.3 Å². The van der Waals surface area contributed by atoms with Crippen molar-refractivity contribution in [3.63, 3.8) is 0 Å². The molecule has 0 bridgehead atoms. The molecule has 12 rings (SSSR count). The quantitative estimate of drug-likeness (QED) is 0.160. The molecule has 0 atom stereocenters. The van der Waals surface area contributed by atoms with Crippen molar-refractivity contribution in [3.8, 4) is 39.6 Å². The molecule has 0 N–H and O–H groups in total. The average molecular weight is 838 g/mol. The molecule has 0 aliphatic carbocycles. The fourth-order valence-corrected chi connectivity index (χ4v) is 9.10. The maximum atomic E-state index is 9.12. The molecule has 1 aliphatic heterocycles. The van der Waals surface area contributed by atoms with Crippen molar-refractivity contribution in [1.29, 1.82) is 0 Å². The second kappa shape index (κ2) is 14.8. The number of fused-ring (bicyclic) bond motifs is 7. The summed E-state index contributed by atoms with van der Waals surface area (Å²) in [6.07, 6.45) is 1.86. The topological polar surface area (TPSA) is 46.7 Å². The molecule has 0 spiro atoms. The second-order valence-corrected chi connectivity index (χ2v) is 17.0. The minimum Gasteiger partial charge on any atom is -0.453 e. The number of furan rings is 1. The first-order valence-corrected chi connectivity index (χ1v) is 21.1. The third-order valence-electron chi connectivity index (χ3n) is 12.1. The molecular formula is C58H44N4O2. The Kier molecular flexibility index (Phi) is 6.76. The number of aromatic nitrogens is 2. The molecule has 4 heterocycles. The largest absolute Gasteiger partial charge is 0.453 e. The van der Waals surface area contributed by atoms with Gasteiger partial charge in [0.1, 0.15) is 23.8 Å². The first-order valence-electron chi connectivity index (χ1n) is 25.6. The molecule has 6 heteroatoms. The molecule has 0 saturated carbocycles. The third-order valence-corrected chi connectivity index (χ3v) is 12.1. The summed E-state index contributed by atoms with van der Waals surface area (Å²) in [5.74, 6) is 1.81. The van der Waals surface area contributed by atoms with Crippen LogP contribution in [0.15, 0.2) is 205 Å². The Morgan fingerprint density at radius 3 is 2.12 bits per heavy atom. The summed E-state index contributed by atoms with van der Waals surface area (Å²) in [4.78, 5) is 8.94. The van der Waals surface area contributed by atoms with Crippen LogP contribution in [0.25, 0.3) is 71.8 Å². The predicted molar refractivity (Wildman–Crippen MR) is 264 cm³/mol. The average Bonchev–Trinajstić information content (AvgIpc) is 4.08. The van der Waals surface area contributed by atoms with Crippen molar-refractivity contribution in [2.75, 3.05) is 16.5 Å². The van der Waals surface area contributed by atoms with E-state index in [0.29, 0.717) is 39.6 Å². The van der Waals surface area contributed by atoms with E-state index in [9.17, 15) is 0 Å². The third kappa shape index (κ3) is 6.21. The van der Waals surface area contributed by atoms with E-state index in [4.69, 9.17) is 26.5 Å². The highest BCUT2D eigenvalue weighted by molar-refractivity contribution is 6.11. The maximum absolute atomic E-state index is 9.12. The van der Waals surface area contributed by atoms with Crippen LogP contribution in [-0.4, -0.2) is 16.2 Å². The zero-order chi connectivity index (χ0) is 50.8. The molecule has 0 saturated heterocycles. The van der Waals surface area contributed by atoms with Crippen molar-refractivity contribution in [2.24, 2.45) is 0 Å². The summed E-state index contributed by atoms with van der Waals surface area (Å²) in [5, 5.41) is 3.80. The van der Waals surface area contributed by atoms with Gasteiger partial charge in [0.2, 0.25) is 0 Å². The van der Waals surface area contributed by atoms with Gasteiger partial charge in [0.25, 0.3) is 0 Å². The highest BCUT2D eigenvalue weighted by Crippen LogP contribution is 2.51. The van der Waals surface area contributed by atoms with E-state index in [1.54, 1.807) is 18.2 Å². The summed E-state index contributed by atoms with van der Waals surface area (Å²) in [6, 6.07) is 40.9. The fourth-order valence-electron chi connectivity index (χ4n) is 9.10. The van der Waals surface area contributed by atoms with Crippen LogP contribution < -0.4 is 14.5 Å². The molecule has 0 radical (unpaired) electrons. The van der Waals surface area contributed by atoms with Crippen LogP contribution in [0.3, 0.4) is 0 Å². The first-order chi connectivity index (χ1) is 35.1. The summed E-state index contributed by atoms with van der Waals surface area (Å²) < 4.78 is 94.5. The van der Waals surface area contributed by atoms with Gasteiger partial charge in [0.15, 0.2) is 11.3 Å². The number of rotatable bonds is 7. The van der Waals surface area contributed by atoms with Crippen molar-refractivity contribution in [3.05, 3.63) is 206 Å². The number of anilines is 4. The van der Waals surface area contributed by atoms with Crippen LogP contribution in [-0.2, 0) is 5.41 Å². The Hall–Kier alpha value is -8.09. The van der Waals surface area contributed by atoms with Crippen molar-refractivity contribution >= 4 is 66.5 Å². The lowest BCUT2D eigenvalue weighted by molar-refractivity contribution is 0.477. The van der Waals surface area contributed by atoms with Crippen LogP contribution in [0, 0.1) is 0 Å². The van der Waals surface area contributed by atoms with Gasteiger partial charge in [0, 0.05) is 56.7 Å². The summed E-state index contributed by atoms with van der Waals surface area (Å²) in [5.41, 5.74) is 7.58. The molecule has 308 valence electrons. The Balaban J connectivity index is 1.05. The number of hydrogen-bond acceptors (Lipinski definition) is 5. The summed E-state index contributed by atoms with van der Waals surface area (Å²) in [7, 11) is 0. The monoisotopic (exact) mass is 837 g/mol. The number of benzene rings is 8. The molecular weight excluding hydrogens is 785 g/mol. The SMILES string of the molecule is [2H]c1cc(-c2cccc(-c3c([2H])c([2H])c([2H])c([2H])c3[2H])c2N2CN(c3cc(Oc4ccc5c6ccccc6n(-c6cc(C(C)(C)C)ccn6)c5c4)c4oc5ccccc5c4c3)c3ccccc32)c([2H])c([2H])c1[2H]. The van der Waals surface area contributed by atoms with Crippen molar-refractivity contribution < 1.29 is 21.5 Å². The number of ether oxygens (including phenoxy) is 1. The number of pyridine rings is 1. The lowest BCUT2D eigenvalue weighted by atomic mass is 9.88. The number of hydrogen-bond donors (Lipinski definition) is 0. The van der Waals surface area contributed by atoms with E-state index in [-0.39, 0.29) is 46.9 Å². The molecule has 6 nitrogen and oxygen atoms in total. The van der Waals surface area contributed by atoms with E-state index in [1.807, 2.05) is 90.0 Å². The lowest BCUT2D eigenvalue weighted by Crippen LogP contribution is -2.25. The van der Waals surface area contributed by atoms with E-state index in [1.165, 1.54) is 6.07 Å². The molecule has 64 heavy (non-hydrogen) atoms. The molecule has 3 aromatic heterocycles.